The standard InChI is InChI=1S/C13H16ClN3O2S2/c1-15-8-10-2-5-13(16-9-10)21(18,19)17-7-6-11-3-4-12(14)20-11/h2-5,9,15,17H,6-8H2,1H3. The molecule has 0 aliphatic rings. The fourth-order valence-electron chi connectivity index (χ4n) is 1.75. The van der Waals surface area contributed by atoms with Gasteiger partial charge in [-0.2, -0.15) is 0 Å². The number of nitrogens with zero attached hydrogens (tertiary/aromatic N) is 1. The Bertz CT molecular complexity index is 684. The molecule has 21 heavy (non-hydrogen) atoms. The minimum atomic E-state index is -3.57. The first-order valence-corrected chi connectivity index (χ1v) is 9.02. The normalized spacial score (nSPS) is 11.7. The third-order valence-corrected chi connectivity index (χ3v) is 5.41. The summed E-state index contributed by atoms with van der Waals surface area (Å²) in [5, 5.41) is 3.02. The largest absolute Gasteiger partial charge is 0.316 e. The second-order valence-corrected chi connectivity index (χ2v) is 7.90. The van der Waals surface area contributed by atoms with Crippen molar-refractivity contribution in [2.24, 2.45) is 0 Å². The molecule has 0 spiro atoms. The van der Waals surface area contributed by atoms with E-state index in [1.165, 1.54) is 17.4 Å². The lowest BCUT2D eigenvalue weighted by Gasteiger charge is -2.06. The van der Waals surface area contributed by atoms with Crippen molar-refractivity contribution in [2.75, 3.05) is 13.6 Å². The van der Waals surface area contributed by atoms with Gasteiger partial charge in [0.05, 0.1) is 4.34 Å². The molecule has 8 heteroatoms. The maximum Gasteiger partial charge on any atom is 0.258 e. The van der Waals surface area contributed by atoms with Crippen LogP contribution in [0.1, 0.15) is 10.4 Å². The molecule has 0 aliphatic carbocycles. The number of sulfonamides is 1. The molecule has 5 nitrogen and oxygen atoms in total. The van der Waals surface area contributed by atoms with Crippen molar-refractivity contribution in [3.05, 3.63) is 45.2 Å². The summed E-state index contributed by atoms with van der Waals surface area (Å²) >= 11 is 7.28. The number of pyridine rings is 1. The van der Waals surface area contributed by atoms with Gasteiger partial charge < -0.3 is 5.32 Å². The average Bonchev–Trinajstić information content (AvgIpc) is 2.85. The fourth-order valence-corrected chi connectivity index (χ4v) is 3.79. The summed E-state index contributed by atoms with van der Waals surface area (Å²) in [6, 6.07) is 6.96. The maximum absolute atomic E-state index is 12.1. The Labute approximate surface area is 133 Å². The summed E-state index contributed by atoms with van der Waals surface area (Å²) in [6.45, 7) is 0.971. The Morgan fingerprint density at radius 3 is 2.67 bits per heavy atom. The Kier molecular flexibility index (Phi) is 5.72. The van der Waals surface area contributed by atoms with Gasteiger partial charge in [0.25, 0.3) is 10.0 Å². The van der Waals surface area contributed by atoms with Crippen molar-refractivity contribution >= 4 is 33.0 Å². The van der Waals surface area contributed by atoms with E-state index in [1.54, 1.807) is 18.3 Å². The Morgan fingerprint density at radius 2 is 2.10 bits per heavy atom. The number of nitrogens with one attached hydrogen (secondary N) is 2. The van der Waals surface area contributed by atoms with Crippen LogP contribution < -0.4 is 10.0 Å². The Morgan fingerprint density at radius 1 is 1.29 bits per heavy atom. The molecule has 0 aromatic carbocycles. The summed E-state index contributed by atoms with van der Waals surface area (Å²) in [5.41, 5.74) is 0.935. The summed E-state index contributed by atoms with van der Waals surface area (Å²) in [6.07, 6.45) is 2.17. The molecule has 0 amide bonds. The summed E-state index contributed by atoms with van der Waals surface area (Å²) in [7, 11) is -1.74. The molecule has 2 aromatic rings. The number of rotatable bonds is 7. The molecule has 2 heterocycles. The topological polar surface area (TPSA) is 71.1 Å². The van der Waals surface area contributed by atoms with Gasteiger partial charge in [0.1, 0.15) is 0 Å². The number of thiophene rings is 1. The highest BCUT2D eigenvalue weighted by molar-refractivity contribution is 7.89. The number of hydrogen-bond donors (Lipinski definition) is 2. The van der Waals surface area contributed by atoms with E-state index >= 15 is 0 Å². The fraction of sp³-hybridized carbons (Fsp3) is 0.308. The van der Waals surface area contributed by atoms with Gasteiger partial charge in [-0.3, -0.25) is 0 Å². The summed E-state index contributed by atoms with van der Waals surface area (Å²) in [5.74, 6) is 0. The minimum absolute atomic E-state index is 0.0339. The molecule has 0 atom stereocenters. The molecular formula is C13H16ClN3O2S2. The van der Waals surface area contributed by atoms with Crippen molar-refractivity contribution in [2.45, 2.75) is 18.0 Å². The van der Waals surface area contributed by atoms with Crippen molar-refractivity contribution in [1.82, 2.24) is 15.0 Å². The molecule has 0 bridgehead atoms. The van der Waals surface area contributed by atoms with E-state index in [0.717, 1.165) is 10.4 Å². The van der Waals surface area contributed by atoms with Crippen LogP contribution >= 0.6 is 22.9 Å². The van der Waals surface area contributed by atoms with Crippen molar-refractivity contribution in [3.63, 3.8) is 0 Å². The van der Waals surface area contributed by atoms with Gasteiger partial charge in [0, 0.05) is 24.2 Å². The van der Waals surface area contributed by atoms with Crippen LogP contribution in [-0.2, 0) is 23.0 Å². The zero-order chi connectivity index (χ0) is 15.3. The average molecular weight is 346 g/mol. The minimum Gasteiger partial charge on any atom is -0.316 e. The number of aromatic nitrogens is 1. The lowest BCUT2D eigenvalue weighted by molar-refractivity contribution is 0.577. The maximum atomic E-state index is 12.1. The van der Waals surface area contributed by atoms with Gasteiger partial charge in [-0.05, 0) is 37.2 Å². The van der Waals surface area contributed by atoms with Crippen LogP contribution in [0, 0.1) is 0 Å². The molecule has 0 saturated heterocycles. The van der Waals surface area contributed by atoms with Crippen LogP contribution in [0.2, 0.25) is 4.34 Å². The molecule has 0 saturated carbocycles. The van der Waals surface area contributed by atoms with E-state index in [4.69, 9.17) is 11.6 Å². The van der Waals surface area contributed by atoms with E-state index in [2.05, 4.69) is 15.0 Å². The van der Waals surface area contributed by atoms with Gasteiger partial charge >= 0.3 is 0 Å². The molecular weight excluding hydrogens is 330 g/mol. The van der Waals surface area contributed by atoms with Crippen molar-refractivity contribution in [3.8, 4) is 0 Å². The molecule has 0 fully saturated rings. The Hall–Kier alpha value is -0.990. The molecule has 2 aromatic heterocycles. The lowest BCUT2D eigenvalue weighted by Crippen LogP contribution is -2.26. The van der Waals surface area contributed by atoms with Gasteiger partial charge in [0.15, 0.2) is 5.03 Å². The molecule has 2 N–H and O–H groups in total. The molecule has 114 valence electrons. The molecule has 2 rings (SSSR count). The van der Waals surface area contributed by atoms with Gasteiger partial charge in [-0.1, -0.05) is 17.7 Å². The highest BCUT2D eigenvalue weighted by atomic mass is 35.5. The van der Waals surface area contributed by atoms with E-state index in [1.807, 2.05) is 13.1 Å². The quantitative estimate of drug-likeness (QED) is 0.805. The first-order valence-electron chi connectivity index (χ1n) is 6.34. The lowest BCUT2D eigenvalue weighted by atomic mass is 10.3. The summed E-state index contributed by atoms with van der Waals surface area (Å²) < 4.78 is 27.4. The second-order valence-electron chi connectivity index (χ2n) is 4.39. The Balaban J connectivity index is 1.94. The van der Waals surface area contributed by atoms with E-state index in [-0.39, 0.29) is 5.03 Å². The number of halogens is 1. The highest BCUT2D eigenvalue weighted by Gasteiger charge is 2.15. The predicted molar refractivity (Wildman–Crippen MR) is 85.2 cm³/mol. The second kappa shape index (κ2) is 7.33. The van der Waals surface area contributed by atoms with Crippen LogP contribution in [0.3, 0.4) is 0 Å². The monoisotopic (exact) mass is 345 g/mol. The third kappa shape index (κ3) is 4.76. The first-order chi connectivity index (χ1) is 10.0. The van der Waals surface area contributed by atoms with Crippen molar-refractivity contribution in [1.29, 1.82) is 0 Å². The smallest absolute Gasteiger partial charge is 0.258 e. The molecule has 0 unspecified atom stereocenters. The van der Waals surface area contributed by atoms with Crippen LogP contribution in [0.4, 0.5) is 0 Å². The first kappa shape index (κ1) is 16.4. The van der Waals surface area contributed by atoms with Gasteiger partial charge in [-0.15, -0.1) is 11.3 Å². The SMILES string of the molecule is CNCc1ccc(S(=O)(=O)NCCc2ccc(Cl)s2)nc1. The zero-order valence-corrected chi connectivity index (χ0v) is 13.9. The zero-order valence-electron chi connectivity index (χ0n) is 11.5. The van der Waals surface area contributed by atoms with E-state index in [9.17, 15) is 8.42 Å². The summed E-state index contributed by atoms with van der Waals surface area (Å²) in [4.78, 5) is 5.03. The van der Waals surface area contributed by atoms with E-state index in [0.29, 0.717) is 23.8 Å². The molecule has 0 radical (unpaired) electrons. The molecule has 0 aliphatic heterocycles. The van der Waals surface area contributed by atoms with Crippen LogP contribution in [-0.4, -0.2) is 27.0 Å². The predicted octanol–water partition coefficient (Wildman–Crippen LogP) is 2.04. The van der Waals surface area contributed by atoms with Gasteiger partial charge in [0.2, 0.25) is 0 Å². The van der Waals surface area contributed by atoms with Gasteiger partial charge in [-0.25, -0.2) is 18.1 Å². The van der Waals surface area contributed by atoms with Crippen LogP contribution in [0.5, 0.6) is 0 Å². The van der Waals surface area contributed by atoms with E-state index < -0.39 is 10.0 Å². The number of hydrogen-bond acceptors (Lipinski definition) is 5. The van der Waals surface area contributed by atoms with Crippen molar-refractivity contribution < 1.29 is 8.42 Å². The van der Waals surface area contributed by atoms with Crippen LogP contribution in [0.25, 0.3) is 0 Å². The van der Waals surface area contributed by atoms with Crippen LogP contribution in [0.15, 0.2) is 35.5 Å². The highest BCUT2D eigenvalue weighted by Crippen LogP contribution is 2.21. The third-order valence-electron chi connectivity index (χ3n) is 2.75.